The van der Waals surface area contributed by atoms with Crippen LogP contribution >= 0.6 is 11.6 Å². The monoisotopic (exact) mass is 553 g/mol. The summed E-state index contributed by atoms with van der Waals surface area (Å²) in [6.07, 6.45) is 5.88. The van der Waals surface area contributed by atoms with Gasteiger partial charge in [-0.1, -0.05) is 23.7 Å². The van der Waals surface area contributed by atoms with Crippen LogP contribution in [0.5, 0.6) is 11.6 Å². The molecule has 0 bridgehead atoms. The molecule has 3 N–H and O–H groups in total. The van der Waals surface area contributed by atoms with Gasteiger partial charge < -0.3 is 10.5 Å². The number of anilines is 2. The molecule has 9 nitrogen and oxygen atoms in total. The maximum Gasteiger partial charge on any atom is 0.229 e. The molecule has 0 atom stereocenters. The summed E-state index contributed by atoms with van der Waals surface area (Å²) < 4.78 is 46.5. The van der Waals surface area contributed by atoms with Crippen molar-refractivity contribution in [2.45, 2.75) is 13.3 Å². The molecule has 12 heteroatoms. The van der Waals surface area contributed by atoms with E-state index in [0.717, 1.165) is 11.8 Å². The molecule has 1 aliphatic rings. The van der Waals surface area contributed by atoms with Crippen molar-refractivity contribution in [3.05, 3.63) is 93.5 Å². The Morgan fingerprint density at radius 2 is 1.97 bits per heavy atom. The standard InChI is InChI=1S/C26H21ClFN5O4S/c1-14-7-24(37-23-6-4-3-5-20(23)28)30-13-22(14)33-26(29)18(12-31-33)25(34)17-8-15-10-19(27)21(11-16(15)9-17)32-38(2,35)36/h3-7,9-13,32H,8,29H2,1-2H3. The van der Waals surface area contributed by atoms with E-state index in [9.17, 15) is 17.6 Å². The molecular formula is C26H21ClFN5O4S. The molecule has 194 valence electrons. The number of pyridine rings is 1. The molecular weight excluding hydrogens is 533 g/mol. The SMILES string of the molecule is Cc1cc(Oc2ccccc2F)ncc1-n1ncc(C(=O)C2=Cc3cc(NS(C)(=O)=O)c(Cl)cc3C2)c1N. The molecule has 0 fully saturated rings. The minimum Gasteiger partial charge on any atom is -0.436 e. The highest BCUT2D eigenvalue weighted by Crippen LogP contribution is 2.35. The summed E-state index contributed by atoms with van der Waals surface area (Å²) in [6, 6.07) is 10.8. The Morgan fingerprint density at radius 3 is 2.68 bits per heavy atom. The zero-order chi connectivity index (χ0) is 27.2. The normalized spacial score (nSPS) is 12.7. The molecule has 4 aromatic rings. The summed E-state index contributed by atoms with van der Waals surface area (Å²) in [6.45, 7) is 1.79. The number of aryl methyl sites for hydroxylation is 1. The maximum atomic E-state index is 13.9. The van der Waals surface area contributed by atoms with Gasteiger partial charge in [-0.15, -0.1) is 0 Å². The van der Waals surface area contributed by atoms with Crippen LogP contribution in [-0.4, -0.2) is 35.2 Å². The number of ether oxygens (including phenoxy) is 1. The first-order valence-corrected chi connectivity index (χ1v) is 13.6. The Morgan fingerprint density at radius 1 is 1.21 bits per heavy atom. The van der Waals surface area contributed by atoms with Gasteiger partial charge in [0.05, 0.1) is 40.6 Å². The Labute approximate surface area is 222 Å². The molecule has 5 rings (SSSR count). The lowest BCUT2D eigenvalue weighted by atomic mass is 10.0. The third-order valence-corrected chi connectivity index (χ3v) is 6.82. The fourth-order valence-electron chi connectivity index (χ4n) is 4.12. The van der Waals surface area contributed by atoms with Crippen molar-refractivity contribution in [1.82, 2.24) is 14.8 Å². The molecule has 0 saturated heterocycles. The van der Waals surface area contributed by atoms with Crippen molar-refractivity contribution < 1.29 is 22.3 Å². The van der Waals surface area contributed by atoms with Gasteiger partial charge in [0, 0.05) is 18.1 Å². The number of halogens is 2. The average molecular weight is 554 g/mol. The van der Waals surface area contributed by atoms with Gasteiger partial charge in [0.25, 0.3) is 0 Å². The smallest absolute Gasteiger partial charge is 0.229 e. The number of hydrogen-bond acceptors (Lipinski definition) is 7. The number of hydrogen-bond donors (Lipinski definition) is 2. The van der Waals surface area contributed by atoms with Crippen molar-refractivity contribution >= 4 is 45.0 Å². The number of nitrogens with zero attached hydrogens (tertiary/aromatic N) is 3. The zero-order valence-corrected chi connectivity index (χ0v) is 21.8. The Balaban J connectivity index is 1.39. The van der Waals surface area contributed by atoms with Gasteiger partial charge in [-0.05, 0) is 54.0 Å². The molecule has 2 aromatic heterocycles. The molecule has 2 heterocycles. The Kier molecular flexibility index (Phi) is 6.41. The number of nitrogen functional groups attached to an aromatic ring is 1. The number of aromatic nitrogens is 3. The van der Waals surface area contributed by atoms with E-state index in [1.165, 1.54) is 29.2 Å². The number of nitrogens with two attached hydrogens (primary N) is 1. The van der Waals surface area contributed by atoms with Gasteiger partial charge in [-0.3, -0.25) is 9.52 Å². The lowest BCUT2D eigenvalue weighted by Crippen LogP contribution is -2.10. The summed E-state index contributed by atoms with van der Waals surface area (Å²) >= 11 is 6.23. The molecule has 0 amide bonds. The number of rotatable bonds is 7. The number of nitrogens with one attached hydrogen (secondary N) is 1. The number of allylic oxidation sites excluding steroid dienone is 1. The topological polar surface area (TPSA) is 129 Å². The number of fused-ring (bicyclic) bond motifs is 1. The van der Waals surface area contributed by atoms with E-state index < -0.39 is 15.8 Å². The van der Waals surface area contributed by atoms with Crippen LogP contribution < -0.4 is 15.2 Å². The van der Waals surface area contributed by atoms with Crippen molar-refractivity contribution in [1.29, 1.82) is 0 Å². The third-order valence-electron chi connectivity index (χ3n) is 5.92. The Hall–Kier alpha value is -4.22. The van der Waals surface area contributed by atoms with Crippen LogP contribution in [-0.2, 0) is 16.4 Å². The zero-order valence-electron chi connectivity index (χ0n) is 20.2. The van der Waals surface area contributed by atoms with Crippen LogP contribution in [0, 0.1) is 12.7 Å². The van der Waals surface area contributed by atoms with Gasteiger partial charge in [0.2, 0.25) is 15.9 Å². The summed E-state index contributed by atoms with van der Waals surface area (Å²) in [5.41, 5.74) is 9.90. The molecule has 38 heavy (non-hydrogen) atoms. The van der Waals surface area contributed by atoms with Crippen LogP contribution in [0.25, 0.3) is 11.8 Å². The first-order valence-electron chi connectivity index (χ1n) is 11.3. The molecule has 0 aliphatic heterocycles. The lowest BCUT2D eigenvalue weighted by Gasteiger charge is -2.11. The van der Waals surface area contributed by atoms with Crippen molar-refractivity contribution in [2.24, 2.45) is 0 Å². The number of ketones is 1. The first kappa shape index (κ1) is 25.4. The largest absolute Gasteiger partial charge is 0.436 e. The van der Waals surface area contributed by atoms with Crippen molar-refractivity contribution in [3.8, 4) is 17.3 Å². The molecule has 0 radical (unpaired) electrons. The van der Waals surface area contributed by atoms with Crippen LogP contribution in [0.2, 0.25) is 5.02 Å². The second-order valence-corrected chi connectivity index (χ2v) is 10.9. The van der Waals surface area contributed by atoms with E-state index in [-0.39, 0.29) is 39.5 Å². The number of carbonyl (C=O) groups excluding carboxylic acids is 1. The number of benzene rings is 2. The fraction of sp³-hybridized carbons (Fsp3) is 0.115. The minimum atomic E-state index is -3.52. The van der Waals surface area contributed by atoms with Crippen molar-refractivity contribution in [2.75, 3.05) is 16.7 Å². The highest BCUT2D eigenvalue weighted by atomic mass is 35.5. The van der Waals surface area contributed by atoms with Crippen LogP contribution in [0.1, 0.15) is 27.0 Å². The van der Waals surface area contributed by atoms with Gasteiger partial charge in [0.1, 0.15) is 5.82 Å². The van der Waals surface area contributed by atoms with E-state index in [1.807, 2.05) is 0 Å². The second-order valence-electron chi connectivity index (χ2n) is 8.78. The molecule has 0 unspecified atom stereocenters. The van der Waals surface area contributed by atoms with Crippen LogP contribution in [0.4, 0.5) is 15.9 Å². The molecule has 0 spiro atoms. The quantitative estimate of drug-likeness (QED) is 0.310. The predicted octanol–water partition coefficient (Wildman–Crippen LogP) is 4.94. The summed E-state index contributed by atoms with van der Waals surface area (Å²) in [5, 5.41) is 4.52. The number of Topliss-reactive ketones (excluding diaryl/α,β-unsaturated/α-hetero) is 1. The fourth-order valence-corrected chi connectivity index (χ4v) is 4.98. The van der Waals surface area contributed by atoms with E-state index in [2.05, 4.69) is 14.8 Å². The lowest BCUT2D eigenvalue weighted by molar-refractivity contribution is 0.103. The number of para-hydroxylation sites is 1. The van der Waals surface area contributed by atoms with E-state index >= 15 is 0 Å². The second kappa shape index (κ2) is 9.58. The summed E-state index contributed by atoms with van der Waals surface area (Å²) in [7, 11) is -3.52. The van der Waals surface area contributed by atoms with Gasteiger partial charge in [-0.25, -0.2) is 22.5 Å². The van der Waals surface area contributed by atoms with E-state index in [0.29, 0.717) is 28.8 Å². The van der Waals surface area contributed by atoms with Crippen molar-refractivity contribution in [3.63, 3.8) is 0 Å². The van der Waals surface area contributed by atoms with Gasteiger partial charge in [-0.2, -0.15) is 5.10 Å². The highest BCUT2D eigenvalue weighted by molar-refractivity contribution is 7.92. The molecule has 0 saturated carbocycles. The Bertz CT molecular complexity index is 1750. The maximum absolute atomic E-state index is 13.9. The predicted molar refractivity (Wildman–Crippen MR) is 143 cm³/mol. The number of sulfonamides is 1. The number of carbonyl (C=O) groups is 1. The summed E-state index contributed by atoms with van der Waals surface area (Å²) in [5.74, 6) is -0.467. The first-order chi connectivity index (χ1) is 18.0. The molecule has 1 aliphatic carbocycles. The summed E-state index contributed by atoms with van der Waals surface area (Å²) in [4.78, 5) is 17.6. The van der Waals surface area contributed by atoms with Gasteiger partial charge in [0.15, 0.2) is 17.3 Å². The van der Waals surface area contributed by atoms with Crippen LogP contribution in [0.15, 0.2) is 60.4 Å². The average Bonchev–Trinajstić information content (AvgIpc) is 3.43. The van der Waals surface area contributed by atoms with Gasteiger partial charge >= 0.3 is 0 Å². The highest BCUT2D eigenvalue weighted by Gasteiger charge is 2.25. The third kappa shape index (κ3) is 4.98. The van der Waals surface area contributed by atoms with Crippen LogP contribution in [0.3, 0.4) is 0 Å². The van der Waals surface area contributed by atoms with E-state index in [1.54, 1.807) is 43.3 Å². The van der Waals surface area contributed by atoms with E-state index in [4.69, 9.17) is 22.1 Å². The minimum absolute atomic E-state index is 0.0463. The molecule has 2 aromatic carbocycles.